The molecular formula is C14H15NO2. The summed E-state index contributed by atoms with van der Waals surface area (Å²) >= 11 is 0. The van der Waals surface area contributed by atoms with Crippen molar-refractivity contribution in [2.45, 2.75) is 25.5 Å². The first-order chi connectivity index (χ1) is 8.14. The molecule has 0 N–H and O–H groups in total. The number of carbonyl (C=O) groups excluding carboxylic acids is 1. The molecule has 2 aromatic rings. The molecule has 17 heavy (non-hydrogen) atoms. The van der Waals surface area contributed by atoms with E-state index in [2.05, 4.69) is 18.4 Å². The smallest absolute Gasteiger partial charge is 0.152 e. The van der Waals surface area contributed by atoms with Gasteiger partial charge in [0.25, 0.3) is 0 Å². The van der Waals surface area contributed by atoms with Crippen molar-refractivity contribution in [2.75, 3.05) is 6.61 Å². The molecule has 88 valence electrons. The number of carbonyl (C=O) groups is 1. The maximum atomic E-state index is 11.1. The minimum atomic E-state index is -0.110. The molecular weight excluding hydrogens is 214 g/mol. The fourth-order valence-corrected chi connectivity index (χ4v) is 2.39. The van der Waals surface area contributed by atoms with Crippen LogP contribution in [0.2, 0.25) is 0 Å². The lowest BCUT2D eigenvalue weighted by Gasteiger charge is -2.26. The minimum absolute atomic E-state index is 0.110. The fourth-order valence-electron chi connectivity index (χ4n) is 2.39. The molecule has 1 fully saturated rings. The zero-order valence-electron chi connectivity index (χ0n) is 10.0. The van der Waals surface area contributed by atoms with E-state index in [-0.39, 0.29) is 11.6 Å². The van der Waals surface area contributed by atoms with Crippen LogP contribution >= 0.6 is 0 Å². The molecule has 0 saturated carbocycles. The SMILES string of the molecule is CC(C)(C1CO1)n1cc(C=O)c2ccccc21. The number of rotatable bonds is 3. The Morgan fingerprint density at radius 2 is 2.12 bits per heavy atom. The maximum Gasteiger partial charge on any atom is 0.152 e. The van der Waals surface area contributed by atoms with Gasteiger partial charge in [-0.1, -0.05) is 18.2 Å². The van der Waals surface area contributed by atoms with Crippen LogP contribution in [0.25, 0.3) is 10.9 Å². The Morgan fingerprint density at radius 1 is 1.41 bits per heavy atom. The maximum absolute atomic E-state index is 11.1. The number of nitrogens with zero attached hydrogens (tertiary/aromatic N) is 1. The number of hydrogen-bond acceptors (Lipinski definition) is 2. The monoisotopic (exact) mass is 229 g/mol. The van der Waals surface area contributed by atoms with Crippen molar-refractivity contribution in [1.82, 2.24) is 4.57 Å². The fraction of sp³-hybridized carbons (Fsp3) is 0.357. The number of ether oxygens (including phenoxy) is 1. The molecule has 1 aliphatic heterocycles. The van der Waals surface area contributed by atoms with Crippen molar-refractivity contribution in [3.05, 3.63) is 36.0 Å². The molecule has 0 radical (unpaired) electrons. The average molecular weight is 229 g/mol. The van der Waals surface area contributed by atoms with Crippen LogP contribution in [0, 0.1) is 0 Å². The normalized spacial score (nSPS) is 19.5. The quantitative estimate of drug-likeness (QED) is 0.599. The molecule has 1 aromatic carbocycles. The summed E-state index contributed by atoms with van der Waals surface area (Å²) in [7, 11) is 0. The molecule has 1 aliphatic rings. The van der Waals surface area contributed by atoms with Crippen LogP contribution in [0.5, 0.6) is 0 Å². The third-order valence-corrected chi connectivity index (χ3v) is 3.61. The van der Waals surface area contributed by atoms with E-state index >= 15 is 0 Å². The highest BCUT2D eigenvalue weighted by Crippen LogP contribution is 2.35. The number of epoxide rings is 1. The van der Waals surface area contributed by atoms with E-state index in [0.29, 0.717) is 0 Å². The predicted octanol–water partition coefficient (Wildman–Crippen LogP) is 2.59. The summed E-state index contributed by atoms with van der Waals surface area (Å²) in [5.74, 6) is 0. The van der Waals surface area contributed by atoms with E-state index in [9.17, 15) is 4.79 Å². The highest BCUT2D eigenvalue weighted by Gasteiger charge is 2.41. The standard InChI is InChI=1S/C14H15NO2/c1-14(2,13-9-17-13)15-7-10(8-16)11-5-3-4-6-12(11)15/h3-8,13H,9H2,1-2H3. The van der Waals surface area contributed by atoms with Gasteiger partial charge in [0.2, 0.25) is 0 Å². The molecule has 0 aliphatic carbocycles. The number of fused-ring (bicyclic) bond motifs is 1. The Balaban J connectivity index is 2.25. The van der Waals surface area contributed by atoms with Crippen molar-refractivity contribution in [3.8, 4) is 0 Å². The van der Waals surface area contributed by atoms with Gasteiger partial charge in [0.15, 0.2) is 6.29 Å². The lowest BCUT2D eigenvalue weighted by Crippen LogP contribution is -2.31. The van der Waals surface area contributed by atoms with E-state index in [1.165, 1.54) is 0 Å². The van der Waals surface area contributed by atoms with Crippen molar-refractivity contribution in [2.24, 2.45) is 0 Å². The molecule has 2 heterocycles. The average Bonchev–Trinajstić information content (AvgIpc) is 3.11. The van der Waals surface area contributed by atoms with Crippen LogP contribution in [-0.2, 0) is 10.3 Å². The van der Waals surface area contributed by atoms with Gasteiger partial charge >= 0.3 is 0 Å². The third-order valence-electron chi connectivity index (χ3n) is 3.61. The molecule has 3 heteroatoms. The number of benzene rings is 1. The Kier molecular flexibility index (Phi) is 2.13. The van der Waals surface area contributed by atoms with E-state index < -0.39 is 0 Å². The summed E-state index contributed by atoms with van der Waals surface area (Å²) in [6.45, 7) is 5.09. The highest BCUT2D eigenvalue weighted by atomic mass is 16.6. The lowest BCUT2D eigenvalue weighted by molar-refractivity contribution is 0.112. The summed E-state index contributed by atoms with van der Waals surface area (Å²) in [6, 6.07) is 7.99. The second kappa shape index (κ2) is 3.44. The topological polar surface area (TPSA) is 34.5 Å². The second-order valence-electron chi connectivity index (χ2n) is 5.07. The van der Waals surface area contributed by atoms with Crippen molar-refractivity contribution in [1.29, 1.82) is 0 Å². The summed E-state index contributed by atoms with van der Waals surface area (Å²) in [5, 5.41) is 1.01. The number of para-hydroxylation sites is 1. The predicted molar refractivity (Wildman–Crippen MR) is 66.4 cm³/mol. The summed E-state index contributed by atoms with van der Waals surface area (Å²) in [4.78, 5) is 11.1. The van der Waals surface area contributed by atoms with Crippen LogP contribution in [0.3, 0.4) is 0 Å². The zero-order chi connectivity index (χ0) is 12.0. The van der Waals surface area contributed by atoms with Crippen LogP contribution in [0.1, 0.15) is 24.2 Å². The highest BCUT2D eigenvalue weighted by molar-refractivity contribution is 5.97. The van der Waals surface area contributed by atoms with Crippen LogP contribution in [0.15, 0.2) is 30.5 Å². The van der Waals surface area contributed by atoms with Gasteiger partial charge in [-0.25, -0.2) is 0 Å². The van der Waals surface area contributed by atoms with E-state index in [0.717, 1.165) is 29.4 Å². The molecule has 3 rings (SSSR count). The Hall–Kier alpha value is -1.61. The first kappa shape index (κ1) is 10.5. The first-order valence-corrected chi connectivity index (χ1v) is 5.82. The minimum Gasteiger partial charge on any atom is -0.371 e. The van der Waals surface area contributed by atoms with E-state index in [4.69, 9.17) is 4.74 Å². The van der Waals surface area contributed by atoms with Gasteiger partial charge in [-0.05, 0) is 19.9 Å². The Labute approximate surface area is 100.0 Å². The molecule has 1 saturated heterocycles. The molecule has 1 atom stereocenters. The summed E-state index contributed by atoms with van der Waals surface area (Å²) in [5.41, 5.74) is 1.73. The van der Waals surface area contributed by atoms with E-state index in [1.807, 2.05) is 30.5 Å². The third kappa shape index (κ3) is 1.50. The first-order valence-electron chi connectivity index (χ1n) is 5.82. The van der Waals surface area contributed by atoms with Gasteiger partial charge in [-0.3, -0.25) is 4.79 Å². The lowest BCUT2D eigenvalue weighted by atomic mass is 10.0. The molecule has 3 nitrogen and oxygen atoms in total. The van der Waals surface area contributed by atoms with Gasteiger partial charge < -0.3 is 9.30 Å². The van der Waals surface area contributed by atoms with Gasteiger partial charge in [-0.15, -0.1) is 0 Å². The molecule has 0 bridgehead atoms. The summed E-state index contributed by atoms with van der Waals surface area (Å²) in [6.07, 6.45) is 3.10. The number of hydrogen-bond donors (Lipinski definition) is 0. The number of aromatic nitrogens is 1. The number of aldehydes is 1. The second-order valence-corrected chi connectivity index (χ2v) is 5.07. The Bertz CT molecular complexity index is 579. The Morgan fingerprint density at radius 3 is 2.76 bits per heavy atom. The molecule has 0 spiro atoms. The van der Waals surface area contributed by atoms with Gasteiger partial charge in [0, 0.05) is 22.7 Å². The van der Waals surface area contributed by atoms with Gasteiger partial charge in [0.05, 0.1) is 12.1 Å². The van der Waals surface area contributed by atoms with Crippen LogP contribution in [0.4, 0.5) is 0 Å². The van der Waals surface area contributed by atoms with E-state index in [1.54, 1.807) is 0 Å². The molecule has 1 aromatic heterocycles. The van der Waals surface area contributed by atoms with Gasteiger partial charge in [0.1, 0.15) is 6.10 Å². The van der Waals surface area contributed by atoms with Crippen LogP contribution < -0.4 is 0 Å². The summed E-state index contributed by atoms with van der Waals surface area (Å²) < 4.78 is 7.57. The van der Waals surface area contributed by atoms with Crippen molar-refractivity contribution in [3.63, 3.8) is 0 Å². The van der Waals surface area contributed by atoms with Crippen LogP contribution in [-0.4, -0.2) is 23.6 Å². The van der Waals surface area contributed by atoms with Gasteiger partial charge in [-0.2, -0.15) is 0 Å². The zero-order valence-corrected chi connectivity index (χ0v) is 10.0. The molecule has 1 unspecified atom stereocenters. The van der Waals surface area contributed by atoms with Crippen molar-refractivity contribution < 1.29 is 9.53 Å². The van der Waals surface area contributed by atoms with Crippen molar-refractivity contribution >= 4 is 17.2 Å². The largest absolute Gasteiger partial charge is 0.371 e. The molecule has 0 amide bonds.